The highest BCUT2D eigenvalue weighted by Crippen LogP contribution is 2.28. The summed E-state index contributed by atoms with van der Waals surface area (Å²) in [6.45, 7) is 2.21. The third-order valence-electron chi connectivity index (χ3n) is 5.79. The van der Waals surface area contributed by atoms with Gasteiger partial charge in [0.2, 0.25) is 0 Å². The molecule has 154 valence electrons. The first-order valence-corrected chi connectivity index (χ1v) is 10.1. The summed E-state index contributed by atoms with van der Waals surface area (Å²) in [5, 5.41) is 3.57. The van der Waals surface area contributed by atoms with E-state index < -0.39 is 5.97 Å². The van der Waals surface area contributed by atoms with Gasteiger partial charge in [-0.3, -0.25) is 9.78 Å². The lowest BCUT2D eigenvalue weighted by atomic mass is 9.89. The Hall–Kier alpha value is -3.25. The number of benzene rings is 2. The molecule has 1 saturated heterocycles. The molecule has 0 saturated carbocycles. The fourth-order valence-corrected chi connectivity index (χ4v) is 4.00. The van der Waals surface area contributed by atoms with E-state index in [-0.39, 0.29) is 5.91 Å². The minimum absolute atomic E-state index is 0.206. The van der Waals surface area contributed by atoms with Crippen LogP contribution in [0.1, 0.15) is 45.0 Å². The van der Waals surface area contributed by atoms with Crippen LogP contribution in [0.4, 0.5) is 5.69 Å². The van der Waals surface area contributed by atoms with Crippen molar-refractivity contribution in [3.63, 3.8) is 0 Å². The number of nitrogens with zero attached hydrogens (tertiary/aromatic N) is 2. The summed E-state index contributed by atoms with van der Waals surface area (Å²) >= 11 is 0. The maximum atomic E-state index is 12.8. The van der Waals surface area contributed by atoms with Crippen molar-refractivity contribution in [2.24, 2.45) is 0 Å². The molecule has 1 amide bonds. The lowest BCUT2D eigenvalue weighted by Gasteiger charge is -2.29. The molecule has 6 heteroatoms. The Morgan fingerprint density at radius 3 is 2.50 bits per heavy atom. The average Bonchev–Trinajstić information content (AvgIpc) is 2.79. The number of carbonyl (C=O) groups excluding carboxylic acids is 2. The van der Waals surface area contributed by atoms with Crippen molar-refractivity contribution >= 4 is 28.5 Å². The quantitative estimate of drug-likeness (QED) is 0.665. The van der Waals surface area contributed by atoms with Crippen LogP contribution < -0.4 is 5.32 Å². The van der Waals surface area contributed by atoms with E-state index >= 15 is 0 Å². The van der Waals surface area contributed by atoms with Crippen molar-refractivity contribution in [2.75, 3.05) is 32.6 Å². The molecule has 1 aromatic heterocycles. The van der Waals surface area contributed by atoms with Crippen molar-refractivity contribution in [3.8, 4) is 0 Å². The van der Waals surface area contributed by atoms with Crippen LogP contribution in [0.2, 0.25) is 0 Å². The molecule has 0 bridgehead atoms. The number of methoxy groups -OCH3 is 1. The van der Waals surface area contributed by atoms with E-state index in [4.69, 9.17) is 4.74 Å². The predicted molar refractivity (Wildman–Crippen MR) is 117 cm³/mol. The normalized spacial score (nSPS) is 15.1. The Bertz CT molecular complexity index is 1070. The number of pyridine rings is 1. The minimum Gasteiger partial charge on any atom is -0.465 e. The van der Waals surface area contributed by atoms with Crippen molar-refractivity contribution in [1.29, 1.82) is 0 Å². The standard InChI is InChI=1S/C24H25N3O3/c1-27-14-11-17(12-15-27)16-5-7-18(8-6-16)23(28)26-21-10-9-20(24(29)30-2)19-4-3-13-25-22(19)21/h3-10,13,17H,11-12,14-15H2,1-2H3,(H,26,28). The molecular formula is C24H25N3O3. The predicted octanol–water partition coefficient (Wildman–Crippen LogP) is 4.08. The molecule has 6 nitrogen and oxygen atoms in total. The van der Waals surface area contributed by atoms with Crippen molar-refractivity contribution in [1.82, 2.24) is 9.88 Å². The van der Waals surface area contributed by atoms with E-state index in [1.807, 2.05) is 12.1 Å². The van der Waals surface area contributed by atoms with Gasteiger partial charge in [0, 0.05) is 17.1 Å². The first-order valence-electron chi connectivity index (χ1n) is 10.1. The molecule has 4 rings (SSSR count). The maximum absolute atomic E-state index is 12.8. The van der Waals surface area contributed by atoms with Crippen LogP contribution in [-0.2, 0) is 4.74 Å². The molecule has 1 aliphatic heterocycles. The zero-order valence-corrected chi connectivity index (χ0v) is 17.2. The smallest absolute Gasteiger partial charge is 0.338 e. The number of rotatable bonds is 4. The number of piperidine rings is 1. The van der Waals surface area contributed by atoms with Gasteiger partial charge in [0.05, 0.1) is 23.9 Å². The first kappa shape index (κ1) is 20.0. The average molecular weight is 403 g/mol. The van der Waals surface area contributed by atoms with Crippen LogP contribution in [-0.4, -0.2) is 49.0 Å². The SMILES string of the molecule is COC(=O)c1ccc(NC(=O)c2ccc(C3CCN(C)CC3)cc2)c2ncccc12. The van der Waals surface area contributed by atoms with Crippen molar-refractivity contribution < 1.29 is 14.3 Å². The van der Waals surface area contributed by atoms with E-state index in [0.29, 0.717) is 33.6 Å². The lowest BCUT2D eigenvalue weighted by molar-refractivity contribution is 0.0603. The molecule has 0 atom stereocenters. The van der Waals surface area contributed by atoms with E-state index in [2.05, 4.69) is 34.4 Å². The third-order valence-corrected chi connectivity index (χ3v) is 5.79. The number of hydrogen-bond donors (Lipinski definition) is 1. The Balaban J connectivity index is 1.54. The second-order valence-corrected chi connectivity index (χ2v) is 7.71. The van der Waals surface area contributed by atoms with Crippen LogP contribution in [0.15, 0.2) is 54.7 Å². The number of aromatic nitrogens is 1. The molecule has 2 heterocycles. The number of likely N-dealkylation sites (tertiary alicyclic amines) is 1. The van der Waals surface area contributed by atoms with E-state index in [1.165, 1.54) is 12.7 Å². The molecule has 3 aromatic rings. The van der Waals surface area contributed by atoms with Gasteiger partial charge in [0.1, 0.15) is 0 Å². The second-order valence-electron chi connectivity index (χ2n) is 7.71. The van der Waals surface area contributed by atoms with Crippen LogP contribution in [0.25, 0.3) is 10.9 Å². The number of carbonyl (C=O) groups is 2. The highest BCUT2D eigenvalue weighted by molar-refractivity contribution is 6.12. The molecular weight excluding hydrogens is 378 g/mol. The summed E-state index contributed by atoms with van der Waals surface area (Å²) in [6.07, 6.45) is 3.92. The van der Waals surface area contributed by atoms with Gasteiger partial charge in [0.25, 0.3) is 5.91 Å². The summed E-state index contributed by atoms with van der Waals surface area (Å²) in [5.74, 6) is -0.0876. The van der Waals surface area contributed by atoms with Gasteiger partial charge in [-0.05, 0) is 74.8 Å². The Morgan fingerprint density at radius 1 is 1.07 bits per heavy atom. The van der Waals surface area contributed by atoms with Crippen molar-refractivity contribution in [3.05, 3.63) is 71.4 Å². The van der Waals surface area contributed by atoms with Crippen molar-refractivity contribution in [2.45, 2.75) is 18.8 Å². The molecule has 0 radical (unpaired) electrons. The fourth-order valence-electron chi connectivity index (χ4n) is 4.00. The summed E-state index contributed by atoms with van der Waals surface area (Å²) in [7, 11) is 3.50. The van der Waals surface area contributed by atoms with E-state index in [1.54, 1.807) is 30.5 Å². The lowest BCUT2D eigenvalue weighted by Crippen LogP contribution is -2.29. The zero-order valence-electron chi connectivity index (χ0n) is 17.2. The topological polar surface area (TPSA) is 71.5 Å². The fraction of sp³-hybridized carbons (Fsp3) is 0.292. The van der Waals surface area contributed by atoms with Crippen LogP contribution in [0, 0.1) is 0 Å². The molecule has 0 spiro atoms. The third kappa shape index (κ3) is 4.04. The number of amides is 1. The number of anilines is 1. The van der Waals surface area contributed by atoms with E-state index in [9.17, 15) is 9.59 Å². The Labute approximate surface area is 175 Å². The molecule has 30 heavy (non-hydrogen) atoms. The highest BCUT2D eigenvalue weighted by Gasteiger charge is 2.19. The largest absolute Gasteiger partial charge is 0.465 e. The van der Waals surface area contributed by atoms with E-state index in [0.717, 1.165) is 25.9 Å². The highest BCUT2D eigenvalue weighted by atomic mass is 16.5. The molecule has 0 aliphatic carbocycles. The number of fused-ring (bicyclic) bond motifs is 1. The summed E-state index contributed by atoms with van der Waals surface area (Å²) in [6, 6.07) is 14.7. The summed E-state index contributed by atoms with van der Waals surface area (Å²) < 4.78 is 4.84. The Kier molecular flexibility index (Phi) is 5.77. The zero-order chi connectivity index (χ0) is 21.1. The summed E-state index contributed by atoms with van der Waals surface area (Å²) in [5.41, 5.74) is 3.41. The van der Waals surface area contributed by atoms with Crippen LogP contribution in [0.5, 0.6) is 0 Å². The minimum atomic E-state index is -0.435. The molecule has 1 N–H and O–H groups in total. The number of nitrogens with one attached hydrogen (secondary N) is 1. The van der Waals surface area contributed by atoms with Gasteiger partial charge < -0.3 is 15.0 Å². The van der Waals surface area contributed by atoms with Gasteiger partial charge >= 0.3 is 5.97 Å². The monoisotopic (exact) mass is 403 g/mol. The van der Waals surface area contributed by atoms with Crippen LogP contribution in [0.3, 0.4) is 0 Å². The molecule has 1 fully saturated rings. The molecule has 0 unspecified atom stereocenters. The van der Waals surface area contributed by atoms with Gasteiger partial charge in [-0.2, -0.15) is 0 Å². The maximum Gasteiger partial charge on any atom is 0.338 e. The van der Waals surface area contributed by atoms with Crippen LogP contribution >= 0.6 is 0 Å². The van der Waals surface area contributed by atoms with Gasteiger partial charge in [0.15, 0.2) is 0 Å². The van der Waals surface area contributed by atoms with Gasteiger partial charge in [-0.25, -0.2) is 4.79 Å². The Morgan fingerprint density at radius 2 is 1.80 bits per heavy atom. The first-order chi connectivity index (χ1) is 14.6. The number of hydrogen-bond acceptors (Lipinski definition) is 5. The molecule has 1 aliphatic rings. The molecule has 2 aromatic carbocycles. The summed E-state index contributed by atoms with van der Waals surface area (Å²) in [4.78, 5) is 31.6. The van der Waals surface area contributed by atoms with Gasteiger partial charge in [-0.15, -0.1) is 0 Å². The van der Waals surface area contributed by atoms with Gasteiger partial charge in [-0.1, -0.05) is 18.2 Å². The second kappa shape index (κ2) is 8.63. The number of ether oxygens (including phenoxy) is 1. The number of esters is 1.